The normalized spacial score (nSPS) is 45.9. The second kappa shape index (κ2) is 1.70. The summed E-state index contributed by atoms with van der Waals surface area (Å²) in [5, 5.41) is 0. The topological polar surface area (TPSA) is 50.1 Å². The van der Waals surface area contributed by atoms with Gasteiger partial charge in [0.2, 0.25) is 0 Å². The molecule has 0 aliphatic carbocycles. The molecule has 0 unspecified atom stereocenters. The Morgan fingerprint density at radius 3 is 2.38 bits per heavy atom. The molecule has 0 radical (unpaired) electrons. The second-order valence-corrected chi connectivity index (χ2v) is 4.29. The first-order valence-corrected chi connectivity index (χ1v) is 4.30. The molecule has 1 heterocycles. The highest BCUT2D eigenvalue weighted by Crippen LogP contribution is 2.13. The van der Waals surface area contributed by atoms with Crippen LogP contribution in [0.25, 0.3) is 0 Å². The number of hydrogen-bond donors (Lipinski definition) is 1. The highest BCUT2D eigenvalue weighted by atomic mass is 32.2. The Morgan fingerprint density at radius 2 is 2.25 bits per heavy atom. The minimum Gasteiger partial charge on any atom is -0.379 e. The first-order chi connectivity index (χ1) is 3.64. The largest absolute Gasteiger partial charge is 0.379 e. The number of rotatable bonds is 1. The molecule has 4 heteroatoms. The minimum absolute atomic E-state index is 0.0972. The number of nitrogens with one attached hydrogen (secondary N) is 1. The maximum absolute atomic E-state index is 10.6. The Morgan fingerprint density at radius 1 is 1.75 bits per heavy atom. The van der Waals surface area contributed by atoms with Gasteiger partial charge in [0.25, 0.3) is 0 Å². The molecule has 0 bridgehead atoms. The maximum atomic E-state index is 10.6. The molecule has 3 nitrogen and oxygen atoms in total. The van der Waals surface area contributed by atoms with Crippen LogP contribution in [-0.2, 0) is 14.5 Å². The molecule has 0 amide bonds. The van der Waals surface area contributed by atoms with Gasteiger partial charge in [-0.2, -0.15) is 0 Å². The van der Waals surface area contributed by atoms with Crippen LogP contribution in [0.15, 0.2) is 0 Å². The van der Waals surface area contributed by atoms with Crippen molar-refractivity contribution >= 4 is 9.73 Å². The third-order valence-electron chi connectivity index (χ3n) is 1.24. The third kappa shape index (κ3) is 1.00. The van der Waals surface area contributed by atoms with Gasteiger partial charge in [-0.3, -0.25) is 4.78 Å². The van der Waals surface area contributed by atoms with E-state index in [-0.39, 0.29) is 6.10 Å². The van der Waals surface area contributed by atoms with Crippen LogP contribution in [0.5, 0.6) is 0 Å². The van der Waals surface area contributed by atoms with E-state index in [4.69, 9.17) is 9.52 Å². The van der Waals surface area contributed by atoms with E-state index < -0.39 is 9.73 Å². The second-order valence-electron chi connectivity index (χ2n) is 2.00. The molecule has 0 aromatic carbocycles. The molecule has 1 saturated heterocycles. The summed E-state index contributed by atoms with van der Waals surface area (Å²) < 4.78 is 22.4. The van der Waals surface area contributed by atoms with Gasteiger partial charge in [0.1, 0.15) is 0 Å². The lowest BCUT2D eigenvalue weighted by Gasteiger charge is -2.26. The lowest BCUT2D eigenvalue weighted by Crippen LogP contribution is -2.41. The van der Waals surface area contributed by atoms with Crippen molar-refractivity contribution in [2.24, 2.45) is 0 Å². The SMILES string of the molecule is COC1CS(=N)(=O)C1. The molecule has 0 spiro atoms. The van der Waals surface area contributed by atoms with Gasteiger partial charge in [-0.25, -0.2) is 4.21 Å². The average molecular weight is 135 g/mol. The molecular formula is C4H9NO2S. The van der Waals surface area contributed by atoms with E-state index >= 15 is 0 Å². The standard InChI is InChI=1S/C4H9NO2S/c1-7-4-2-8(5,6)3-4/h4-5H,2-3H2,1H3. The zero-order valence-corrected chi connectivity index (χ0v) is 5.53. The molecule has 0 saturated carbocycles. The van der Waals surface area contributed by atoms with Crippen LogP contribution < -0.4 is 0 Å². The van der Waals surface area contributed by atoms with Crippen molar-refractivity contribution in [1.29, 1.82) is 4.78 Å². The summed E-state index contributed by atoms with van der Waals surface area (Å²) in [5.74, 6) is 0.868. The van der Waals surface area contributed by atoms with Gasteiger partial charge in [0.05, 0.1) is 17.6 Å². The van der Waals surface area contributed by atoms with Crippen LogP contribution >= 0.6 is 0 Å². The zero-order valence-electron chi connectivity index (χ0n) is 4.72. The lowest BCUT2D eigenvalue weighted by molar-refractivity contribution is 0.128. The van der Waals surface area contributed by atoms with Crippen LogP contribution in [0.1, 0.15) is 0 Å². The Labute approximate surface area is 49.0 Å². The quantitative estimate of drug-likeness (QED) is 0.552. The predicted molar refractivity (Wildman–Crippen MR) is 31.4 cm³/mol. The first-order valence-electron chi connectivity index (χ1n) is 2.41. The summed E-state index contributed by atoms with van der Waals surface area (Å²) in [6.45, 7) is 0. The third-order valence-corrected chi connectivity index (χ3v) is 3.06. The van der Waals surface area contributed by atoms with Gasteiger partial charge in [0, 0.05) is 16.8 Å². The Hall–Kier alpha value is -0.0900. The predicted octanol–water partition coefficient (Wildman–Crippen LogP) is 0.0618. The smallest absolute Gasteiger partial charge is 0.0818 e. The van der Waals surface area contributed by atoms with Crippen LogP contribution in [0.4, 0.5) is 0 Å². The molecule has 1 aliphatic rings. The van der Waals surface area contributed by atoms with Gasteiger partial charge in [-0.1, -0.05) is 0 Å². The molecule has 1 aliphatic heterocycles. The number of methoxy groups -OCH3 is 1. The molecule has 0 atom stereocenters. The van der Waals surface area contributed by atoms with Crippen LogP contribution in [0.2, 0.25) is 0 Å². The van der Waals surface area contributed by atoms with Gasteiger partial charge in [0.15, 0.2) is 0 Å². The van der Waals surface area contributed by atoms with Crippen molar-refractivity contribution in [2.75, 3.05) is 18.6 Å². The fourth-order valence-corrected chi connectivity index (χ4v) is 2.06. The summed E-state index contributed by atoms with van der Waals surface area (Å²) in [6.07, 6.45) is 0.0972. The summed E-state index contributed by atoms with van der Waals surface area (Å²) in [4.78, 5) is 0. The van der Waals surface area contributed by atoms with Crippen molar-refractivity contribution < 1.29 is 8.95 Å². The molecular weight excluding hydrogens is 126 g/mol. The maximum Gasteiger partial charge on any atom is 0.0818 e. The molecule has 8 heavy (non-hydrogen) atoms. The fourth-order valence-electron chi connectivity index (χ4n) is 0.688. The zero-order chi connectivity index (χ0) is 6.20. The van der Waals surface area contributed by atoms with Crippen LogP contribution in [-0.4, -0.2) is 28.9 Å². The number of ether oxygens (including phenoxy) is 1. The highest BCUT2D eigenvalue weighted by molar-refractivity contribution is 7.93. The van der Waals surface area contributed by atoms with E-state index in [1.807, 2.05) is 0 Å². The van der Waals surface area contributed by atoms with Crippen LogP contribution in [0, 0.1) is 4.78 Å². The molecule has 1 rings (SSSR count). The minimum atomic E-state index is -2.17. The molecule has 1 fully saturated rings. The van der Waals surface area contributed by atoms with E-state index in [0.717, 1.165) is 0 Å². The monoisotopic (exact) mass is 135 g/mol. The fraction of sp³-hybridized carbons (Fsp3) is 1.00. The molecule has 48 valence electrons. The molecule has 1 N–H and O–H groups in total. The van der Waals surface area contributed by atoms with Crippen molar-refractivity contribution in [2.45, 2.75) is 6.10 Å². The summed E-state index contributed by atoms with van der Waals surface area (Å²) in [5.41, 5.74) is 0. The first kappa shape index (κ1) is 6.04. The van der Waals surface area contributed by atoms with Crippen molar-refractivity contribution in [3.8, 4) is 0 Å². The van der Waals surface area contributed by atoms with E-state index in [1.54, 1.807) is 7.11 Å². The summed E-state index contributed by atoms with van der Waals surface area (Å²) >= 11 is 0. The Balaban J connectivity index is 2.43. The highest BCUT2D eigenvalue weighted by Gasteiger charge is 2.29. The van der Waals surface area contributed by atoms with Crippen LogP contribution in [0.3, 0.4) is 0 Å². The average Bonchev–Trinajstić information content (AvgIpc) is 1.60. The van der Waals surface area contributed by atoms with E-state index in [0.29, 0.717) is 11.5 Å². The van der Waals surface area contributed by atoms with Gasteiger partial charge in [-0.05, 0) is 0 Å². The van der Waals surface area contributed by atoms with Gasteiger partial charge in [-0.15, -0.1) is 0 Å². The van der Waals surface area contributed by atoms with E-state index in [9.17, 15) is 4.21 Å². The van der Waals surface area contributed by atoms with Gasteiger partial charge < -0.3 is 4.74 Å². The van der Waals surface area contributed by atoms with E-state index in [2.05, 4.69) is 0 Å². The Bertz CT molecular complexity index is 160. The summed E-state index contributed by atoms with van der Waals surface area (Å²) in [7, 11) is -0.585. The molecule has 0 aromatic rings. The van der Waals surface area contributed by atoms with Crippen molar-refractivity contribution in [3.63, 3.8) is 0 Å². The van der Waals surface area contributed by atoms with Gasteiger partial charge >= 0.3 is 0 Å². The van der Waals surface area contributed by atoms with Crippen molar-refractivity contribution in [3.05, 3.63) is 0 Å². The number of hydrogen-bond acceptors (Lipinski definition) is 3. The molecule has 0 aromatic heterocycles. The lowest BCUT2D eigenvalue weighted by atomic mass is 10.4. The van der Waals surface area contributed by atoms with E-state index in [1.165, 1.54) is 0 Å². The van der Waals surface area contributed by atoms with Crippen molar-refractivity contribution in [1.82, 2.24) is 0 Å². The Kier molecular flexibility index (Phi) is 1.28. The summed E-state index contributed by atoms with van der Waals surface area (Å²) in [6, 6.07) is 0.